The summed E-state index contributed by atoms with van der Waals surface area (Å²) in [4.78, 5) is 31.4. The van der Waals surface area contributed by atoms with E-state index in [1.54, 1.807) is 7.11 Å². The van der Waals surface area contributed by atoms with Crippen molar-refractivity contribution in [3.8, 4) is 0 Å². The molecule has 8 heteroatoms. The second-order valence-electron chi connectivity index (χ2n) is 8.65. The van der Waals surface area contributed by atoms with E-state index in [9.17, 15) is 9.59 Å². The van der Waals surface area contributed by atoms with Crippen LogP contribution in [0.2, 0.25) is 0 Å². The number of amides is 2. The average molecular weight is 417 g/mol. The topological polar surface area (TPSA) is 92.8 Å². The molecule has 2 saturated heterocycles. The minimum atomic E-state index is -0.154. The number of carbonyl (C=O) groups excluding carboxylic acids is 2. The summed E-state index contributed by atoms with van der Waals surface area (Å²) in [5.41, 5.74) is 1.20. The van der Waals surface area contributed by atoms with Crippen LogP contribution < -0.4 is 10.6 Å². The summed E-state index contributed by atoms with van der Waals surface area (Å²) in [5, 5.41) is 6.00. The van der Waals surface area contributed by atoms with Gasteiger partial charge in [0.15, 0.2) is 0 Å². The smallest absolute Gasteiger partial charge is 0.222 e. The van der Waals surface area contributed by atoms with Crippen molar-refractivity contribution in [2.45, 2.75) is 50.4 Å². The molecule has 164 valence electrons. The molecule has 0 bridgehead atoms. The second kappa shape index (κ2) is 9.85. The fourth-order valence-corrected chi connectivity index (χ4v) is 4.82. The van der Waals surface area contributed by atoms with Gasteiger partial charge >= 0.3 is 0 Å². The minimum absolute atomic E-state index is 0.0218. The van der Waals surface area contributed by atoms with E-state index in [4.69, 9.17) is 9.47 Å². The van der Waals surface area contributed by atoms with E-state index in [0.717, 1.165) is 25.9 Å². The third-order valence-corrected chi connectivity index (χ3v) is 6.38. The van der Waals surface area contributed by atoms with Gasteiger partial charge in [0.25, 0.3) is 0 Å². The summed E-state index contributed by atoms with van der Waals surface area (Å²) >= 11 is 0. The Morgan fingerprint density at radius 1 is 1.23 bits per heavy atom. The van der Waals surface area contributed by atoms with Crippen molar-refractivity contribution in [2.24, 2.45) is 11.8 Å². The van der Waals surface area contributed by atoms with Crippen LogP contribution in [0, 0.1) is 11.8 Å². The van der Waals surface area contributed by atoms with Gasteiger partial charge in [0.2, 0.25) is 11.8 Å². The van der Waals surface area contributed by atoms with E-state index in [1.165, 1.54) is 5.56 Å². The van der Waals surface area contributed by atoms with Crippen LogP contribution in [0.15, 0.2) is 24.5 Å². The highest BCUT2D eigenvalue weighted by Crippen LogP contribution is 2.42. The number of ether oxygens (including phenoxy) is 2. The number of nitrogens with one attached hydrogen (secondary N) is 2. The summed E-state index contributed by atoms with van der Waals surface area (Å²) in [7, 11) is 1.62. The molecule has 4 rings (SSSR count). The molecule has 0 unspecified atom stereocenters. The van der Waals surface area contributed by atoms with E-state index in [1.807, 2.05) is 24.5 Å². The van der Waals surface area contributed by atoms with Crippen molar-refractivity contribution < 1.29 is 19.1 Å². The number of nitrogens with zero attached hydrogens (tertiary/aromatic N) is 2. The Labute approximate surface area is 177 Å². The Morgan fingerprint density at radius 3 is 2.77 bits per heavy atom. The van der Waals surface area contributed by atoms with E-state index >= 15 is 0 Å². The van der Waals surface area contributed by atoms with Gasteiger partial charge in [-0.05, 0) is 36.5 Å². The fourth-order valence-electron chi connectivity index (χ4n) is 4.82. The van der Waals surface area contributed by atoms with Gasteiger partial charge in [0.1, 0.15) is 0 Å². The van der Waals surface area contributed by atoms with Crippen molar-refractivity contribution in [1.29, 1.82) is 0 Å². The van der Waals surface area contributed by atoms with Crippen LogP contribution in [-0.4, -0.2) is 73.3 Å². The Balaban J connectivity index is 1.41. The number of carbonyl (C=O) groups is 2. The number of methoxy groups -OCH3 is 1. The lowest BCUT2D eigenvalue weighted by Gasteiger charge is -2.23. The zero-order valence-corrected chi connectivity index (χ0v) is 17.6. The van der Waals surface area contributed by atoms with E-state index in [0.29, 0.717) is 38.6 Å². The summed E-state index contributed by atoms with van der Waals surface area (Å²) in [6.45, 7) is 3.25. The van der Waals surface area contributed by atoms with Gasteiger partial charge in [-0.3, -0.25) is 19.5 Å². The number of aromatic nitrogens is 1. The Kier molecular flexibility index (Phi) is 6.97. The monoisotopic (exact) mass is 416 g/mol. The molecular weight excluding hydrogens is 384 g/mol. The predicted octanol–water partition coefficient (Wildman–Crippen LogP) is 0.718. The molecule has 0 aromatic carbocycles. The number of pyridine rings is 1. The maximum Gasteiger partial charge on any atom is 0.222 e. The quantitative estimate of drug-likeness (QED) is 0.546. The van der Waals surface area contributed by atoms with Crippen LogP contribution in [0.25, 0.3) is 0 Å². The van der Waals surface area contributed by atoms with Gasteiger partial charge in [0, 0.05) is 63.6 Å². The molecule has 1 aromatic heterocycles. The number of hydrogen-bond acceptors (Lipinski definition) is 6. The molecule has 2 amide bonds. The molecule has 1 aliphatic carbocycles. The molecule has 2 aliphatic heterocycles. The van der Waals surface area contributed by atoms with Crippen LogP contribution in [0.4, 0.5) is 0 Å². The second-order valence-corrected chi connectivity index (χ2v) is 8.65. The molecule has 3 fully saturated rings. The van der Waals surface area contributed by atoms with Gasteiger partial charge < -0.3 is 20.1 Å². The first kappa shape index (κ1) is 21.2. The van der Waals surface area contributed by atoms with E-state index in [-0.39, 0.29) is 35.8 Å². The number of rotatable bonds is 10. The first-order chi connectivity index (χ1) is 14.6. The van der Waals surface area contributed by atoms with Gasteiger partial charge in [-0.2, -0.15) is 0 Å². The van der Waals surface area contributed by atoms with Crippen molar-refractivity contribution in [1.82, 2.24) is 20.5 Å². The van der Waals surface area contributed by atoms with Crippen LogP contribution in [0.1, 0.15) is 31.2 Å². The highest BCUT2D eigenvalue weighted by molar-refractivity contribution is 5.77. The molecule has 8 nitrogen and oxygen atoms in total. The maximum absolute atomic E-state index is 12.5. The maximum atomic E-state index is 12.5. The van der Waals surface area contributed by atoms with Gasteiger partial charge in [-0.1, -0.05) is 0 Å². The third-order valence-electron chi connectivity index (χ3n) is 6.38. The van der Waals surface area contributed by atoms with Crippen molar-refractivity contribution in [2.75, 3.05) is 33.4 Å². The number of likely N-dealkylation sites (tertiary alicyclic amines) is 1. The summed E-state index contributed by atoms with van der Waals surface area (Å²) < 4.78 is 11.1. The lowest BCUT2D eigenvalue weighted by atomic mass is 9.84. The number of hydrogen-bond donors (Lipinski definition) is 2. The van der Waals surface area contributed by atoms with Gasteiger partial charge in [-0.15, -0.1) is 0 Å². The summed E-state index contributed by atoms with van der Waals surface area (Å²) in [6, 6.07) is 4.65. The van der Waals surface area contributed by atoms with Gasteiger partial charge in [-0.25, -0.2) is 0 Å². The van der Waals surface area contributed by atoms with E-state index in [2.05, 4.69) is 20.5 Å². The molecular formula is C22H32N4O4. The highest BCUT2D eigenvalue weighted by Gasteiger charge is 2.51. The lowest BCUT2D eigenvalue weighted by molar-refractivity contribution is -0.124. The molecule has 3 aliphatic rings. The SMILES string of the molecule is COCCNC(=O)C[C@@H]1OC[C@@H]2[C@H]1[C@H](CC(=O)NC1CC1)CN2Cc1ccncc1. The Hall–Kier alpha value is -2.03. The fraction of sp³-hybridized carbons (Fsp3) is 0.682. The molecule has 0 radical (unpaired) electrons. The van der Waals surface area contributed by atoms with Crippen LogP contribution >= 0.6 is 0 Å². The lowest BCUT2D eigenvalue weighted by Crippen LogP contribution is -2.36. The molecule has 3 heterocycles. The van der Waals surface area contributed by atoms with Crippen molar-refractivity contribution >= 4 is 11.8 Å². The molecule has 4 atom stereocenters. The predicted molar refractivity (Wildman–Crippen MR) is 110 cm³/mol. The molecule has 2 N–H and O–H groups in total. The zero-order valence-electron chi connectivity index (χ0n) is 17.6. The van der Waals surface area contributed by atoms with Crippen LogP contribution in [0.5, 0.6) is 0 Å². The molecule has 1 saturated carbocycles. The first-order valence-electron chi connectivity index (χ1n) is 10.9. The zero-order chi connectivity index (χ0) is 20.9. The minimum Gasteiger partial charge on any atom is -0.383 e. The Bertz CT molecular complexity index is 727. The van der Waals surface area contributed by atoms with Crippen molar-refractivity contribution in [3.05, 3.63) is 30.1 Å². The van der Waals surface area contributed by atoms with Crippen LogP contribution in [-0.2, 0) is 25.6 Å². The average Bonchev–Trinajstić information content (AvgIpc) is 3.34. The third kappa shape index (κ3) is 5.36. The Morgan fingerprint density at radius 2 is 2.03 bits per heavy atom. The molecule has 0 spiro atoms. The van der Waals surface area contributed by atoms with E-state index < -0.39 is 0 Å². The van der Waals surface area contributed by atoms with Crippen LogP contribution in [0.3, 0.4) is 0 Å². The summed E-state index contributed by atoms with van der Waals surface area (Å²) in [6.07, 6.45) is 6.46. The van der Waals surface area contributed by atoms with Gasteiger partial charge in [0.05, 0.1) is 25.7 Å². The molecule has 30 heavy (non-hydrogen) atoms. The molecule has 1 aromatic rings. The summed E-state index contributed by atoms with van der Waals surface area (Å²) in [5.74, 6) is 0.480. The van der Waals surface area contributed by atoms with Crippen molar-refractivity contribution in [3.63, 3.8) is 0 Å². The standard InChI is InChI=1S/C22H32N4O4/c1-29-9-8-24-20(27)11-19-22-16(10-21(28)25-17-2-3-17)13-26(18(22)14-30-19)12-15-4-6-23-7-5-15/h4-7,16-19,22H,2-3,8-14H2,1H3,(H,24,27)(H,25,28)/t16-,18-,19+,22-/m1/s1. The normalized spacial score (nSPS) is 28.3. The largest absolute Gasteiger partial charge is 0.383 e. The first-order valence-corrected chi connectivity index (χ1v) is 10.9. The number of fused-ring (bicyclic) bond motifs is 1. The highest BCUT2D eigenvalue weighted by atomic mass is 16.5.